The van der Waals surface area contributed by atoms with E-state index in [0.717, 1.165) is 37.1 Å². The lowest BCUT2D eigenvalue weighted by molar-refractivity contribution is -0.134. The molecule has 1 aliphatic rings. The van der Waals surface area contributed by atoms with Gasteiger partial charge in [-0.3, -0.25) is 9.59 Å². The largest absolute Gasteiger partial charge is 0.490 e. The van der Waals surface area contributed by atoms with Crippen LogP contribution in [-0.2, 0) is 9.59 Å². The van der Waals surface area contributed by atoms with Gasteiger partial charge in [-0.05, 0) is 76.5 Å². The molecule has 1 fully saturated rings. The zero-order chi connectivity index (χ0) is 26.2. The second-order valence-corrected chi connectivity index (χ2v) is 9.22. The number of ether oxygens (including phenoxy) is 2. The van der Waals surface area contributed by atoms with Crippen molar-refractivity contribution in [3.63, 3.8) is 0 Å². The second-order valence-electron chi connectivity index (χ2n) is 9.22. The van der Waals surface area contributed by atoms with Crippen LogP contribution >= 0.6 is 0 Å². The van der Waals surface area contributed by atoms with E-state index >= 15 is 0 Å². The van der Waals surface area contributed by atoms with E-state index in [1.54, 1.807) is 37.3 Å². The Morgan fingerprint density at radius 2 is 1.89 bits per heavy atom. The molecule has 0 aliphatic carbocycles. The Labute approximate surface area is 215 Å². The number of para-hydroxylation sites is 1. The maximum atomic E-state index is 12.6. The fraction of sp³-hybridized carbons (Fsp3) is 0.345. The smallest absolute Gasteiger partial charge is 0.360 e. The first kappa shape index (κ1) is 26.2. The summed E-state index contributed by atoms with van der Waals surface area (Å²) in [6.45, 7) is 5.51. The number of piperidine rings is 1. The fourth-order valence-electron chi connectivity index (χ4n) is 4.24. The molecule has 0 radical (unpaired) electrons. The number of allylic oxidation sites excluding steroid dienone is 1. The molecule has 8 heteroatoms. The third kappa shape index (κ3) is 7.30. The van der Waals surface area contributed by atoms with Crippen LogP contribution in [0.2, 0.25) is 0 Å². The van der Waals surface area contributed by atoms with Crippen molar-refractivity contribution in [2.24, 2.45) is 0 Å². The van der Waals surface area contributed by atoms with E-state index in [4.69, 9.17) is 13.9 Å². The third-order valence-electron chi connectivity index (χ3n) is 6.21. The van der Waals surface area contributed by atoms with Crippen molar-refractivity contribution >= 4 is 28.5 Å². The van der Waals surface area contributed by atoms with E-state index in [9.17, 15) is 14.4 Å². The third-order valence-corrected chi connectivity index (χ3v) is 6.21. The molecule has 0 unspecified atom stereocenters. The number of amides is 1. The quantitative estimate of drug-likeness (QED) is 0.185. The first-order chi connectivity index (χ1) is 17.9. The van der Waals surface area contributed by atoms with Crippen molar-refractivity contribution in [1.29, 1.82) is 0 Å². The van der Waals surface area contributed by atoms with E-state index in [2.05, 4.69) is 10.6 Å². The highest BCUT2D eigenvalue weighted by Crippen LogP contribution is 2.29. The number of rotatable bonds is 9. The van der Waals surface area contributed by atoms with Gasteiger partial charge in [-0.25, -0.2) is 4.79 Å². The average Bonchev–Trinajstić information content (AvgIpc) is 2.88. The molecule has 0 bridgehead atoms. The Hall–Kier alpha value is -3.91. The summed E-state index contributed by atoms with van der Waals surface area (Å²) in [5, 5.41) is 6.66. The molecule has 1 amide bonds. The average molecular weight is 505 g/mol. The number of nitrogens with one attached hydrogen (secondary N) is 2. The summed E-state index contributed by atoms with van der Waals surface area (Å²) in [6, 6.07) is 14.2. The zero-order valence-corrected chi connectivity index (χ0v) is 21.2. The minimum atomic E-state index is -0.617. The van der Waals surface area contributed by atoms with Gasteiger partial charge < -0.3 is 24.5 Å². The summed E-state index contributed by atoms with van der Waals surface area (Å²) in [5.74, 6) is 0.526. The van der Waals surface area contributed by atoms with Gasteiger partial charge in [0.25, 0.3) is 0 Å². The predicted octanol–water partition coefficient (Wildman–Crippen LogP) is 4.89. The standard InChI is InChI=1S/C29H32N2O6/c1-19(7-6-10-27(33)36-22-8-4-3-5-9-22)17-26(32)31-24-18-21-11-12-25(20(2)28(21)37-29(24)34)35-23-13-15-30-16-14-23/h3-5,7-9,11-12,18,23,30H,6,10,13-17H2,1-2H3,(H,31,32). The highest BCUT2D eigenvalue weighted by molar-refractivity contribution is 5.94. The number of anilines is 1. The minimum Gasteiger partial charge on any atom is -0.490 e. The van der Waals surface area contributed by atoms with Crippen molar-refractivity contribution < 1.29 is 23.5 Å². The van der Waals surface area contributed by atoms with Crippen LogP contribution in [0.15, 0.2) is 69.4 Å². The molecule has 1 saturated heterocycles. The topological polar surface area (TPSA) is 107 Å². The van der Waals surface area contributed by atoms with Gasteiger partial charge >= 0.3 is 11.6 Å². The number of carbonyl (C=O) groups is 2. The number of esters is 1. The summed E-state index contributed by atoms with van der Waals surface area (Å²) >= 11 is 0. The van der Waals surface area contributed by atoms with Crippen LogP contribution in [0.5, 0.6) is 11.5 Å². The fourth-order valence-corrected chi connectivity index (χ4v) is 4.24. The lowest BCUT2D eigenvalue weighted by Gasteiger charge is -2.24. The van der Waals surface area contributed by atoms with Gasteiger partial charge in [0.1, 0.15) is 28.9 Å². The van der Waals surface area contributed by atoms with Gasteiger partial charge in [0.2, 0.25) is 5.91 Å². The number of aryl methyl sites for hydroxylation is 1. The van der Waals surface area contributed by atoms with Crippen LogP contribution in [0.25, 0.3) is 11.0 Å². The summed E-state index contributed by atoms with van der Waals surface area (Å²) in [4.78, 5) is 37.1. The number of hydrogen-bond acceptors (Lipinski definition) is 7. The Balaban J connectivity index is 1.33. The van der Waals surface area contributed by atoms with Crippen LogP contribution in [-0.4, -0.2) is 31.1 Å². The molecule has 2 N–H and O–H groups in total. The minimum absolute atomic E-state index is 0.0863. The Morgan fingerprint density at radius 3 is 2.65 bits per heavy atom. The van der Waals surface area contributed by atoms with Crippen molar-refractivity contribution in [2.75, 3.05) is 18.4 Å². The number of hydrogen-bond donors (Lipinski definition) is 2. The summed E-state index contributed by atoms with van der Waals surface area (Å²) in [6.07, 6.45) is 4.55. The van der Waals surface area contributed by atoms with E-state index in [0.29, 0.717) is 28.9 Å². The molecule has 2 heterocycles. The molecule has 0 saturated carbocycles. The lowest BCUT2D eigenvalue weighted by Crippen LogP contribution is -2.34. The van der Waals surface area contributed by atoms with Crippen LogP contribution in [0.4, 0.5) is 5.69 Å². The van der Waals surface area contributed by atoms with Crippen molar-refractivity contribution in [3.8, 4) is 11.5 Å². The van der Waals surface area contributed by atoms with Gasteiger partial charge in [-0.2, -0.15) is 0 Å². The summed E-state index contributed by atoms with van der Waals surface area (Å²) in [7, 11) is 0. The van der Waals surface area contributed by atoms with E-state index in [1.807, 2.05) is 31.2 Å². The second kappa shape index (κ2) is 12.4. The van der Waals surface area contributed by atoms with Crippen molar-refractivity contribution in [3.05, 3.63) is 76.2 Å². The van der Waals surface area contributed by atoms with E-state index < -0.39 is 5.63 Å². The highest BCUT2D eigenvalue weighted by Gasteiger charge is 2.18. The molecule has 8 nitrogen and oxygen atoms in total. The van der Waals surface area contributed by atoms with E-state index in [-0.39, 0.29) is 36.5 Å². The maximum absolute atomic E-state index is 12.6. The molecule has 1 aliphatic heterocycles. The van der Waals surface area contributed by atoms with Crippen LogP contribution < -0.4 is 25.7 Å². The number of fused-ring (bicyclic) bond motifs is 1. The van der Waals surface area contributed by atoms with Crippen LogP contribution in [0.3, 0.4) is 0 Å². The number of benzene rings is 2. The van der Waals surface area contributed by atoms with Gasteiger partial charge in [0.05, 0.1) is 0 Å². The van der Waals surface area contributed by atoms with Gasteiger partial charge in [0, 0.05) is 23.8 Å². The van der Waals surface area contributed by atoms with Crippen LogP contribution in [0.1, 0.15) is 44.6 Å². The molecule has 2 aromatic carbocycles. The van der Waals surface area contributed by atoms with Crippen molar-refractivity contribution in [1.82, 2.24) is 5.32 Å². The number of carbonyl (C=O) groups excluding carboxylic acids is 2. The SMILES string of the molecule is CC(=CCCC(=O)Oc1ccccc1)CC(=O)Nc1cc2ccc(OC3CCNCC3)c(C)c2oc1=O. The van der Waals surface area contributed by atoms with Gasteiger partial charge in [-0.15, -0.1) is 0 Å². The normalized spacial score (nSPS) is 14.4. The molecule has 0 spiro atoms. The van der Waals surface area contributed by atoms with E-state index in [1.165, 1.54) is 0 Å². The first-order valence-electron chi connectivity index (χ1n) is 12.5. The van der Waals surface area contributed by atoms with Gasteiger partial charge in [-0.1, -0.05) is 29.8 Å². The van der Waals surface area contributed by atoms with Crippen molar-refractivity contribution in [2.45, 2.75) is 52.1 Å². The highest BCUT2D eigenvalue weighted by atomic mass is 16.5. The first-order valence-corrected chi connectivity index (χ1v) is 12.5. The Bertz CT molecular complexity index is 1340. The van der Waals surface area contributed by atoms with Gasteiger partial charge in [0.15, 0.2) is 0 Å². The molecule has 194 valence electrons. The monoisotopic (exact) mass is 504 g/mol. The molecule has 37 heavy (non-hydrogen) atoms. The zero-order valence-electron chi connectivity index (χ0n) is 21.2. The molecule has 3 aromatic rings. The molecular weight excluding hydrogens is 472 g/mol. The lowest BCUT2D eigenvalue weighted by atomic mass is 10.1. The molecule has 4 rings (SSSR count). The summed E-state index contributed by atoms with van der Waals surface area (Å²) < 4.78 is 17.0. The Morgan fingerprint density at radius 1 is 1.14 bits per heavy atom. The summed E-state index contributed by atoms with van der Waals surface area (Å²) in [5.41, 5.74) is 1.46. The molecule has 1 aromatic heterocycles. The Kier molecular flexibility index (Phi) is 8.74. The predicted molar refractivity (Wildman–Crippen MR) is 142 cm³/mol. The molecular formula is C29H32N2O6. The maximum Gasteiger partial charge on any atom is 0.360 e. The molecule has 0 atom stereocenters. The van der Waals surface area contributed by atoms with Crippen LogP contribution in [0, 0.1) is 6.92 Å².